The zero-order valence-electron chi connectivity index (χ0n) is 10.3. The smallest absolute Gasteiger partial charge is 0.351 e. The SMILES string of the molecule is CC(=O)Nc1ccn([C@@H]2C[C@H](O)[C@H](CO)O2)c(=O)n1. The highest BCUT2D eigenvalue weighted by Crippen LogP contribution is 2.27. The zero-order valence-corrected chi connectivity index (χ0v) is 10.3. The fraction of sp³-hybridized carbons (Fsp3) is 0.545. The average Bonchev–Trinajstić information content (AvgIpc) is 2.69. The van der Waals surface area contributed by atoms with E-state index in [1.807, 2.05) is 0 Å². The van der Waals surface area contributed by atoms with Gasteiger partial charge in [0.05, 0.1) is 12.7 Å². The molecule has 1 aromatic rings. The second-order valence-electron chi connectivity index (χ2n) is 4.30. The number of amides is 1. The van der Waals surface area contributed by atoms with Gasteiger partial charge in [-0.05, 0) is 6.07 Å². The van der Waals surface area contributed by atoms with E-state index in [-0.39, 0.29) is 24.8 Å². The summed E-state index contributed by atoms with van der Waals surface area (Å²) in [5, 5.41) is 21.0. The highest BCUT2D eigenvalue weighted by atomic mass is 16.5. The third-order valence-electron chi connectivity index (χ3n) is 2.83. The Morgan fingerprint density at radius 1 is 1.68 bits per heavy atom. The van der Waals surface area contributed by atoms with Crippen LogP contribution in [0, 0.1) is 0 Å². The Hall–Kier alpha value is -1.77. The van der Waals surface area contributed by atoms with Crippen LogP contribution in [0.3, 0.4) is 0 Å². The van der Waals surface area contributed by atoms with Crippen LogP contribution < -0.4 is 11.0 Å². The van der Waals surface area contributed by atoms with E-state index in [1.165, 1.54) is 23.8 Å². The molecule has 3 atom stereocenters. The molecule has 1 amide bonds. The van der Waals surface area contributed by atoms with Crippen LogP contribution in [0.2, 0.25) is 0 Å². The summed E-state index contributed by atoms with van der Waals surface area (Å²) >= 11 is 0. The second kappa shape index (κ2) is 5.47. The molecule has 8 nitrogen and oxygen atoms in total. The van der Waals surface area contributed by atoms with Gasteiger partial charge in [0.15, 0.2) is 0 Å². The molecule has 3 N–H and O–H groups in total. The average molecular weight is 269 g/mol. The van der Waals surface area contributed by atoms with Gasteiger partial charge in [0, 0.05) is 19.5 Å². The third kappa shape index (κ3) is 2.98. The van der Waals surface area contributed by atoms with Gasteiger partial charge in [0.25, 0.3) is 0 Å². The summed E-state index contributed by atoms with van der Waals surface area (Å²) in [6, 6.07) is 1.46. The molecule has 0 bridgehead atoms. The van der Waals surface area contributed by atoms with Crippen molar-refractivity contribution in [1.82, 2.24) is 9.55 Å². The van der Waals surface area contributed by atoms with Crippen LogP contribution in [0.1, 0.15) is 19.6 Å². The Labute approximate surface area is 108 Å². The summed E-state index contributed by atoms with van der Waals surface area (Å²) in [5.41, 5.74) is -0.595. The topological polar surface area (TPSA) is 114 Å². The number of aliphatic hydroxyl groups excluding tert-OH is 2. The van der Waals surface area contributed by atoms with Crippen LogP contribution >= 0.6 is 0 Å². The van der Waals surface area contributed by atoms with Crippen molar-refractivity contribution in [2.45, 2.75) is 31.8 Å². The molecule has 1 fully saturated rings. The molecule has 0 saturated carbocycles. The number of carbonyl (C=O) groups excluding carboxylic acids is 1. The predicted molar refractivity (Wildman–Crippen MR) is 64.4 cm³/mol. The molecule has 8 heteroatoms. The Morgan fingerprint density at radius 2 is 2.42 bits per heavy atom. The molecule has 1 aliphatic heterocycles. The first-order chi connectivity index (χ1) is 9.01. The van der Waals surface area contributed by atoms with E-state index in [2.05, 4.69) is 10.3 Å². The van der Waals surface area contributed by atoms with Crippen molar-refractivity contribution in [3.05, 3.63) is 22.7 Å². The lowest BCUT2D eigenvalue weighted by atomic mass is 10.2. The van der Waals surface area contributed by atoms with E-state index < -0.39 is 24.1 Å². The van der Waals surface area contributed by atoms with Gasteiger partial charge < -0.3 is 20.3 Å². The van der Waals surface area contributed by atoms with E-state index in [1.54, 1.807) is 0 Å². The molecule has 0 radical (unpaired) electrons. The number of nitrogens with zero attached hydrogens (tertiary/aromatic N) is 2. The maximum absolute atomic E-state index is 11.8. The van der Waals surface area contributed by atoms with Crippen LogP contribution in [0.4, 0.5) is 5.82 Å². The third-order valence-corrected chi connectivity index (χ3v) is 2.83. The summed E-state index contributed by atoms with van der Waals surface area (Å²) in [7, 11) is 0. The summed E-state index contributed by atoms with van der Waals surface area (Å²) in [6.45, 7) is 0.999. The summed E-state index contributed by atoms with van der Waals surface area (Å²) in [4.78, 5) is 26.3. The molecule has 1 saturated heterocycles. The standard InChI is InChI=1S/C11H15N3O5/c1-6(16)12-9-2-3-14(11(18)13-9)10-4-7(17)8(5-15)19-10/h2-3,7-8,10,15,17H,4-5H2,1H3,(H,12,13,16,18)/t7-,8-,10-/m0/s1. The van der Waals surface area contributed by atoms with Crippen LogP contribution in [-0.4, -0.2) is 44.5 Å². The minimum atomic E-state index is -0.822. The summed E-state index contributed by atoms with van der Waals surface area (Å²) in [5.74, 6) is -0.163. The van der Waals surface area contributed by atoms with Crippen molar-refractivity contribution in [1.29, 1.82) is 0 Å². The predicted octanol–water partition coefficient (Wildman–Crippen LogP) is -1.16. The van der Waals surface area contributed by atoms with Crippen molar-refractivity contribution < 1.29 is 19.7 Å². The van der Waals surface area contributed by atoms with Crippen molar-refractivity contribution >= 4 is 11.7 Å². The van der Waals surface area contributed by atoms with Crippen LogP contribution in [-0.2, 0) is 9.53 Å². The minimum Gasteiger partial charge on any atom is -0.394 e. The number of rotatable bonds is 3. The molecule has 0 spiro atoms. The molecule has 1 aliphatic rings. The van der Waals surface area contributed by atoms with E-state index in [4.69, 9.17) is 9.84 Å². The van der Waals surface area contributed by atoms with Gasteiger partial charge >= 0.3 is 5.69 Å². The number of hydrogen-bond donors (Lipinski definition) is 3. The number of hydrogen-bond acceptors (Lipinski definition) is 6. The van der Waals surface area contributed by atoms with Crippen molar-refractivity contribution in [2.24, 2.45) is 0 Å². The number of ether oxygens (including phenoxy) is 1. The first-order valence-electron chi connectivity index (χ1n) is 5.82. The number of aliphatic hydroxyl groups is 2. The Balaban J connectivity index is 2.18. The normalized spacial score (nSPS) is 26.4. The van der Waals surface area contributed by atoms with Gasteiger partial charge in [-0.15, -0.1) is 0 Å². The number of aromatic nitrogens is 2. The Morgan fingerprint density at radius 3 is 2.95 bits per heavy atom. The zero-order chi connectivity index (χ0) is 14.0. The lowest BCUT2D eigenvalue weighted by Crippen LogP contribution is -2.28. The minimum absolute atomic E-state index is 0.158. The summed E-state index contributed by atoms with van der Waals surface area (Å²) in [6.07, 6.45) is -0.563. The molecule has 19 heavy (non-hydrogen) atoms. The van der Waals surface area contributed by atoms with Gasteiger partial charge in [0.1, 0.15) is 18.1 Å². The van der Waals surface area contributed by atoms with Crippen LogP contribution in [0.5, 0.6) is 0 Å². The number of carbonyl (C=O) groups is 1. The van der Waals surface area contributed by atoms with Crippen molar-refractivity contribution in [3.8, 4) is 0 Å². The van der Waals surface area contributed by atoms with Gasteiger partial charge in [-0.1, -0.05) is 0 Å². The van der Waals surface area contributed by atoms with Crippen molar-refractivity contribution in [2.75, 3.05) is 11.9 Å². The maximum atomic E-state index is 11.8. The molecule has 0 aliphatic carbocycles. The van der Waals surface area contributed by atoms with Gasteiger partial charge in [-0.3, -0.25) is 9.36 Å². The van der Waals surface area contributed by atoms with Gasteiger partial charge in [-0.2, -0.15) is 4.98 Å². The lowest BCUT2D eigenvalue weighted by Gasteiger charge is -2.14. The fourth-order valence-electron chi connectivity index (χ4n) is 1.93. The van der Waals surface area contributed by atoms with E-state index in [9.17, 15) is 14.7 Å². The molecular weight excluding hydrogens is 254 g/mol. The first kappa shape index (κ1) is 13.7. The maximum Gasteiger partial charge on any atom is 0.351 e. The van der Waals surface area contributed by atoms with Gasteiger partial charge in [-0.25, -0.2) is 4.79 Å². The number of nitrogens with one attached hydrogen (secondary N) is 1. The quantitative estimate of drug-likeness (QED) is 0.638. The monoisotopic (exact) mass is 269 g/mol. The molecular formula is C11H15N3O5. The highest BCUT2D eigenvalue weighted by Gasteiger charge is 2.34. The Kier molecular flexibility index (Phi) is 3.93. The fourth-order valence-corrected chi connectivity index (χ4v) is 1.93. The Bertz CT molecular complexity index is 529. The lowest BCUT2D eigenvalue weighted by molar-refractivity contribution is -0.114. The first-order valence-corrected chi connectivity index (χ1v) is 5.82. The molecule has 2 heterocycles. The largest absolute Gasteiger partial charge is 0.394 e. The van der Waals surface area contributed by atoms with Crippen molar-refractivity contribution in [3.63, 3.8) is 0 Å². The van der Waals surface area contributed by atoms with E-state index >= 15 is 0 Å². The number of anilines is 1. The van der Waals surface area contributed by atoms with E-state index in [0.29, 0.717) is 0 Å². The second-order valence-corrected chi connectivity index (χ2v) is 4.30. The van der Waals surface area contributed by atoms with Crippen LogP contribution in [0.25, 0.3) is 0 Å². The van der Waals surface area contributed by atoms with Crippen LogP contribution in [0.15, 0.2) is 17.1 Å². The van der Waals surface area contributed by atoms with Gasteiger partial charge in [0.2, 0.25) is 5.91 Å². The molecule has 0 unspecified atom stereocenters. The molecule has 2 rings (SSSR count). The molecule has 104 valence electrons. The molecule has 0 aromatic carbocycles. The summed E-state index contributed by atoms with van der Waals surface area (Å²) < 4.78 is 6.56. The van der Waals surface area contributed by atoms with E-state index in [0.717, 1.165) is 0 Å². The molecule has 1 aromatic heterocycles. The highest BCUT2D eigenvalue weighted by molar-refractivity contribution is 5.87.